The largest absolute Gasteiger partial charge is 0.505 e. The first kappa shape index (κ1) is 15.4. The van der Waals surface area contributed by atoms with Crippen LogP contribution < -0.4 is 0 Å². The quantitative estimate of drug-likeness (QED) is 0.878. The van der Waals surface area contributed by atoms with Gasteiger partial charge in [0.2, 0.25) is 0 Å². The Hall–Kier alpha value is -1.63. The van der Waals surface area contributed by atoms with Gasteiger partial charge in [0.25, 0.3) is 0 Å². The zero-order valence-corrected chi connectivity index (χ0v) is 11.6. The van der Waals surface area contributed by atoms with Crippen LogP contribution in [0.2, 0.25) is 0 Å². The second-order valence-electron chi connectivity index (χ2n) is 5.02. The Morgan fingerprint density at radius 3 is 2.32 bits per heavy atom. The van der Waals surface area contributed by atoms with Crippen molar-refractivity contribution >= 4 is 15.8 Å². The molecular formula is C12H15FO5S. The molecule has 0 aromatic heterocycles. The van der Waals surface area contributed by atoms with E-state index in [4.69, 9.17) is 5.11 Å². The zero-order chi connectivity index (χ0) is 15.0. The number of carbonyl (C=O) groups is 1. The van der Waals surface area contributed by atoms with Crippen LogP contribution in [-0.2, 0) is 21.1 Å². The minimum Gasteiger partial charge on any atom is -0.505 e. The monoisotopic (exact) mass is 290 g/mol. The van der Waals surface area contributed by atoms with E-state index >= 15 is 0 Å². The molecule has 1 aromatic carbocycles. The summed E-state index contributed by atoms with van der Waals surface area (Å²) in [6.07, 6.45) is 0.709. The van der Waals surface area contributed by atoms with Crippen LogP contribution >= 0.6 is 0 Å². The number of aromatic hydroxyl groups is 1. The summed E-state index contributed by atoms with van der Waals surface area (Å²) in [5, 5.41) is 18.6. The first-order chi connectivity index (χ1) is 8.47. The fourth-order valence-corrected chi connectivity index (χ4v) is 2.30. The second kappa shape index (κ2) is 4.80. The van der Waals surface area contributed by atoms with Crippen LogP contribution in [0.4, 0.5) is 4.39 Å². The van der Waals surface area contributed by atoms with Gasteiger partial charge in [-0.05, 0) is 31.9 Å². The molecule has 0 amide bonds. The fraction of sp³-hybridized carbons (Fsp3) is 0.417. The lowest BCUT2D eigenvalue weighted by atomic mass is 9.85. The fourth-order valence-electron chi connectivity index (χ4n) is 1.57. The van der Waals surface area contributed by atoms with E-state index in [1.807, 2.05) is 0 Å². The van der Waals surface area contributed by atoms with Crippen molar-refractivity contribution in [3.05, 3.63) is 23.5 Å². The lowest BCUT2D eigenvalue weighted by Crippen LogP contribution is -2.26. The van der Waals surface area contributed by atoms with Crippen molar-refractivity contribution in [3.63, 3.8) is 0 Å². The van der Waals surface area contributed by atoms with E-state index < -0.39 is 37.7 Å². The van der Waals surface area contributed by atoms with Crippen molar-refractivity contribution in [2.24, 2.45) is 5.41 Å². The highest BCUT2D eigenvalue weighted by molar-refractivity contribution is 7.90. The van der Waals surface area contributed by atoms with Crippen LogP contribution in [0.1, 0.15) is 19.4 Å². The normalized spacial score (nSPS) is 12.4. The molecule has 7 heteroatoms. The highest BCUT2D eigenvalue weighted by Crippen LogP contribution is 2.32. The molecule has 0 fully saturated rings. The summed E-state index contributed by atoms with van der Waals surface area (Å²) in [6, 6.07) is 2.25. The number of rotatable bonds is 4. The van der Waals surface area contributed by atoms with Crippen molar-refractivity contribution in [2.45, 2.75) is 25.2 Å². The highest BCUT2D eigenvalue weighted by atomic mass is 32.2. The molecule has 0 unspecified atom stereocenters. The van der Waals surface area contributed by atoms with E-state index in [2.05, 4.69) is 0 Å². The molecule has 19 heavy (non-hydrogen) atoms. The standard InChI is InChI=1S/C12H15FO5S/c1-12(2,11(15)16)6-7-4-5-8(19(3,17)18)9(13)10(7)14/h4-5,14H,6H2,1-3H3,(H,15,16). The maximum Gasteiger partial charge on any atom is 0.309 e. The first-order valence-corrected chi connectivity index (χ1v) is 7.30. The molecule has 2 N–H and O–H groups in total. The number of hydrogen-bond acceptors (Lipinski definition) is 4. The molecule has 5 nitrogen and oxygen atoms in total. The summed E-state index contributed by atoms with van der Waals surface area (Å²) in [6.45, 7) is 2.86. The number of benzene rings is 1. The average molecular weight is 290 g/mol. The Labute approximate surface area is 110 Å². The molecule has 106 valence electrons. The Kier molecular flexibility index (Phi) is 3.90. The molecule has 0 atom stereocenters. The number of phenolic OH excluding ortho intramolecular Hbond substituents is 1. The van der Waals surface area contributed by atoms with Crippen molar-refractivity contribution in [3.8, 4) is 5.75 Å². The van der Waals surface area contributed by atoms with Gasteiger partial charge in [-0.3, -0.25) is 4.79 Å². The van der Waals surface area contributed by atoms with Gasteiger partial charge in [0, 0.05) is 6.26 Å². The molecule has 1 rings (SSSR count). The van der Waals surface area contributed by atoms with E-state index in [0.717, 1.165) is 12.3 Å². The molecule has 0 radical (unpaired) electrons. The van der Waals surface area contributed by atoms with Gasteiger partial charge in [0.15, 0.2) is 21.4 Å². The van der Waals surface area contributed by atoms with Gasteiger partial charge in [-0.2, -0.15) is 0 Å². The van der Waals surface area contributed by atoms with Gasteiger partial charge < -0.3 is 10.2 Å². The first-order valence-electron chi connectivity index (χ1n) is 5.40. The molecular weight excluding hydrogens is 275 g/mol. The number of aliphatic carboxylic acids is 1. The molecule has 0 aliphatic heterocycles. The minimum atomic E-state index is -3.78. The van der Waals surface area contributed by atoms with Crippen LogP contribution in [0.3, 0.4) is 0 Å². The third-order valence-electron chi connectivity index (χ3n) is 2.78. The van der Waals surface area contributed by atoms with Gasteiger partial charge in [0.05, 0.1) is 5.41 Å². The number of carboxylic acids is 1. The Morgan fingerprint density at radius 2 is 1.89 bits per heavy atom. The van der Waals surface area contributed by atoms with E-state index in [-0.39, 0.29) is 12.0 Å². The predicted molar refractivity (Wildman–Crippen MR) is 66.3 cm³/mol. The van der Waals surface area contributed by atoms with E-state index in [1.54, 1.807) is 0 Å². The lowest BCUT2D eigenvalue weighted by Gasteiger charge is -2.20. The summed E-state index contributed by atoms with van der Waals surface area (Å²) in [7, 11) is -3.78. The van der Waals surface area contributed by atoms with Gasteiger partial charge in [-0.15, -0.1) is 0 Å². The topological polar surface area (TPSA) is 91.7 Å². The molecule has 0 heterocycles. The zero-order valence-electron chi connectivity index (χ0n) is 10.8. The van der Waals surface area contributed by atoms with Gasteiger partial charge in [-0.1, -0.05) is 6.07 Å². The minimum absolute atomic E-state index is 0.0531. The summed E-state index contributed by atoms with van der Waals surface area (Å²) in [5.41, 5.74) is -1.14. The molecule has 0 aliphatic rings. The summed E-state index contributed by atoms with van der Waals surface area (Å²) >= 11 is 0. The molecule has 0 aliphatic carbocycles. The average Bonchev–Trinajstić information content (AvgIpc) is 2.22. The SMILES string of the molecule is CC(C)(Cc1ccc(S(C)(=O)=O)c(F)c1O)C(=O)O. The van der Waals surface area contributed by atoms with Gasteiger partial charge >= 0.3 is 5.97 Å². The summed E-state index contributed by atoms with van der Waals surface area (Å²) in [4.78, 5) is 10.4. The van der Waals surface area contributed by atoms with E-state index in [1.165, 1.54) is 19.9 Å². The molecule has 0 spiro atoms. The van der Waals surface area contributed by atoms with Crippen LogP contribution in [0.25, 0.3) is 0 Å². The van der Waals surface area contributed by atoms with Crippen molar-refractivity contribution in [1.29, 1.82) is 0 Å². The van der Waals surface area contributed by atoms with E-state index in [9.17, 15) is 22.7 Å². The van der Waals surface area contributed by atoms with Crippen molar-refractivity contribution < 1.29 is 27.8 Å². The second-order valence-corrected chi connectivity index (χ2v) is 7.01. The van der Waals surface area contributed by atoms with E-state index in [0.29, 0.717) is 0 Å². The summed E-state index contributed by atoms with van der Waals surface area (Å²) < 4.78 is 36.3. The lowest BCUT2D eigenvalue weighted by molar-refractivity contribution is -0.146. The van der Waals surface area contributed by atoms with Crippen LogP contribution in [-0.4, -0.2) is 30.9 Å². The van der Waals surface area contributed by atoms with Crippen molar-refractivity contribution in [1.82, 2.24) is 0 Å². The number of hydrogen-bond donors (Lipinski definition) is 2. The van der Waals surface area contributed by atoms with Crippen LogP contribution in [0.15, 0.2) is 17.0 Å². The maximum atomic E-state index is 13.8. The number of sulfone groups is 1. The molecule has 0 saturated heterocycles. The molecule has 1 aromatic rings. The predicted octanol–water partition coefficient (Wildman–Crippen LogP) is 1.59. The Bertz CT molecular complexity index is 619. The van der Waals surface area contributed by atoms with Gasteiger partial charge in [-0.25, -0.2) is 12.8 Å². The summed E-state index contributed by atoms with van der Waals surface area (Å²) in [5.74, 6) is -3.17. The molecule has 0 bridgehead atoms. The highest BCUT2D eigenvalue weighted by Gasteiger charge is 2.30. The Balaban J connectivity index is 3.29. The number of phenols is 1. The number of carboxylic acid groups (broad SMARTS) is 1. The third-order valence-corrected chi connectivity index (χ3v) is 3.89. The van der Waals surface area contributed by atoms with Gasteiger partial charge in [0.1, 0.15) is 4.90 Å². The van der Waals surface area contributed by atoms with Crippen LogP contribution in [0, 0.1) is 11.2 Å². The molecule has 0 saturated carbocycles. The third kappa shape index (κ3) is 3.23. The van der Waals surface area contributed by atoms with Crippen LogP contribution in [0.5, 0.6) is 5.75 Å². The maximum absolute atomic E-state index is 13.8. The smallest absolute Gasteiger partial charge is 0.309 e. The number of halogens is 1. The van der Waals surface area contributed by atoms with Crippen molar-refractivity contribution in [2.75, 3.05) is 6.26 Å². The Morgan fingerprint density at radius 1 is 1.37 bits per heavy atom.